The molecule has 2 heterocycles. The molecule has 1 aliphatic rings. The number of hydrogen-bond donors (Lipinski definition) is 2. The highest BCUT2D eigenvalue weighted by molar-refractivity contribution is 7.15. The molecule has 0 bridgehead atoms. The van der Waals surface area contributed by atoms with E-state index in [9.17, 15) is 14.4 Å². The molecule has 2 N–H and O–H groups in total. The second-order valence-corrected chi connectivity index (χ2v) is 8.44. The first-order chi connectivity index (χ1) is 14.5. The Bertz CT molecular complexity index is 896. The third-order valence-electron chi connectivity index (χ3n) is 5.02. The topological polar surface area (TPSA) is 104 Å². The molecule has 9 heteroatoms. The zero-order chi connectivity index (χ0) is 21.5. The standard InChI is InChI=1S/C21H27N5O3S/c1-3-4-11-22-17(27)15-6-5-12-26(13-15)21(29)20-25-24-19(30-20)18(28)23-16-9-7-14(2)8-10-16/h7-10,15H,3-6,11-13H2,1-2H3,(H,22,27)(H,23,28)/t15-/m0/s1. The van der Waals surface area contributed by atoms with Gasteiger partial charge in [-0.1, -0.05) is 42.4 Å². The summed E-state index contributed by atoms with van der Waals surface area (Å²) in [4.78, 5) is 39.2. The molecule has 0 spiro atoms. The van der Waals surface area contributed by atoms with Crippen molar-refractivity contribution in [2.24, 2.45) is 5.92 Å². The van der Waals surface area contributed by atoms with Crippen LogP contribution in [-0.2, 0) is 4.79 Å². The minimum Gasteiger partial charge on any atom is -0.356 e. The molecule has 1 atom stereocenters. The van der Waals surface area contributed by atoms with E-state index in [0.29, 0.717) is 25.3 Å². The molecule has 30 heavy (non-hydrogen) atoms. The fraction of sp³-hybridized carbons (Fsp3) is 0.476. The van der Waals surface area contributed by atoms with E-state index < -0.39 is 5.91 Å². The SMILES string of the molecule is CCCCNC(=O)[C@H]1CCCN(C(=O)c2nnc(C(=O)Nc3ccc(C)cc3)s2)C1. The first-order valence-electron chi connectivity index (χ1n) is 10.3. The van der Waals surface area contributed by atoms with E-state index in [1.54, 1.807) is 17.0 Å². The highest BCUT2D eigenvalue weighted by atomic mass is 32.1. The summed E-state index contributed by atoms with van der Waals surface area (Å²) in [5.41, 5.74) is 1.75. The Morgan fingerprint density at radius 2 is 1.90 bits per heavy atom. The highest BCUT2D eigenvalue weighted by Crippen LogP contribution is 2.21. The van der Waals surface area contributed by atoms with Crippen molar-refractivity contribution in [1.82, 2.24) is 20.4 Å². The maximum absolute atomic E-state index is 12.8. The number of likely N-dealkylation sites (tertiary alicyclic amines) is 1. The van der Waals surface area contributed by atoms with Crippen molar-refractivity contribution in [2.45, 2.75) is 39.5 Å². The lowest BCUT2D eigenvalue weighted by molar-refractivity contribution is -0.126. The first-order valence-corrected chi connectivity index (χ1v) is 11.1. The summed E-state index contributed by atoms with van der Waals surface area (Å²) in [5.74, 6) is -0.900. The van der Waals surface area contributed by atoms with E-state index in [1.165, 1.54) is 0 Å². The number of nitrogens with zero attached hydrogens (tertiary/aromatic N) is 3. The van der Waals surface area contributed by atoms with Crippen LogP contribution in [0, 0.1) is 12.8 Å². The number of amides is 3. The van der Waals surface area contributed by atoms with E-state index in [2.05, 4.69) is 27.8 Å². The van der Waals surface area contributed by atoms with Gasteiger partial charge in [-0.15, -0.1) is 10.2 Å². The van der Waals surface area contributed by atoms with Crippen molar-refractivity contribution in [3.63, 3.8) is 0 Å². The largest absolute Gasteiger partial charge is 0.356 e. The van der Waals surface area contributed by atoms with Crippen molar-refractivity contribution >= 4 is 34.7 Å². The van der Waals surface area contributed by atoms with Gasteiger partial charge >= 0.3 is 0 Å². The maximum atomic E-state index is 12.8. The number of aromatic nitrogens is 2. The van der Waals surface area contributed by atoms with Crippen LogP contribution in [0.15, 0.2) is 24.3 Å². The Hall–Kier alpha value is -2.81. The summed E-state index contributed by atoms with van der Waals surface area (Å²) in [6.07, 6.45) is 3.49. The molecule has 3 amide bonds. The van der Waals surface area contributed by atoms with Crippen molar-refractivity contribution in [2.75, 3.05) is 25.0 Å². The van der Waals surface area contributed by atoms with E-state index >= 15 is 0 Å². The average molecular weight is 430 g/mol. The number of benzene rings is 1. The maximum Gasteiger partial charge on any atom is 0.286 e. The van der Waals surface area contributed by atoms with Gasteiger partial charge in [-0.2, -0.15) is 0 Å². The van der Waals surface area contributed by atoms with Crippen LogP contribution in [0.5, 0.6) is 0 Å². The van der Waals surface area contributed by atoms with Gasteiger partial charge in [0, 0.05) is 25.3 Å². The number of hydrogen-bond acceptors (Lipinski definition) is 6. The van der Waals surface area contributed by atoms with Crippen LogP contribution in [0.2, 0.25) is 0 Å². The van der Waals surface area contributed by atoms with E-state index in [1.807, 2.05) is 19.1 Å². The van der Waals surface area contributed by atoms with Crippen LogP contribution < -0.4 is 10.6 Å². The van der Waals surface area contributed by atoms with Gasteiger partial charge in [-0.05, 0) is 38.3 Å². The van der Waals surface area contributed by atoms with Crippen molar-refractivity contribution < 1.29 is 14.4 Å². The molecule has 160 valence electrons. The molecule has 1 aromatic carbocycles. The van der Waals surface area contributed by atoms with E-state index in [4.69, 9.17) is 0 Å². The third-order valence-corrected chi connectivity index (χ3v) is 5.93. The zero-order valence-corrected chi connectivity index (χ0v) is 18.1. The number of carbonyl (C=O) groups excluding carboxylic acids is 3. The van der Waals surface area contributed by atoms with E-state index in [0.717, 1.165) is 42.6 Å². The first kappa shape index (κ1) is 21.9. The number of unbranched alkanes of at least 4 members (excludes halogenated alkanes) is 1. The van der Waals surface area contributed by atoms with Gasteiger partial charge in [0.15, 0.2) is 0 Å². The predicted octanol–water partition coefficient (Wildman–Crippen LogP) is 2.87. The number of rotatable bonds is 7. The second kappa shape index (κ2) is 10.3. The van der Waals surface area contributed by atoms with Crippen LogP contribution in [-0.4, -0.2) is 52.5 Å². The molecule has 8 nitrogen and oxygen atoms in total. The molecule has 0 unspecified atom stereocenters. The van der Waals surface area contributed by atoms with Gasteiger partial charge in [0.25, 0.3) is 11.8 Å². The van der Waals surface area contributed by atoms with Gasteiger partial charge in [0.2, 0.25) is 15.9 Å². The Morgan fingerprint density at radius 1 is 1.17 bits per heavy atom. The van der Waals surface area contributed by atoms with Crippen molar-refractivity contribution in [1.29, 1.82) is 0 Å². The molecule has 1 saturated heterocycles. The number of piperidine rings is 1. The Kier molecular flexibility index (Phi) is 7.51. The van der Waals surface area contributed by atoms with Gasteiger partial charge in [-0.3, -0.25) is 14.4 Å². The smallest absolute Gasteiger partial charge is 0.286 e. The average Bonchev–Trinajstić information content (AvgIpc) is 3.25. The van der Waals surface area contributed by atoms with Crippen molar-refractivity contribution in [3.05, 3.63) is 39.8 Å². The van der Waals surface area contributed by atoms with Crippen molar-refractivity contribution in [3.8, 4) is 0 Å². The van der Waals surface area contributed by atoms with Gasteiger partial charge in [0.1, 0.15) is 0 Å². The van der Waals surface area contributed by atoms with Crippen LogP contribution in [0.1, 0.15) is 57.8 Å². The lowest BCUT2D eigenvalue weighted by Crippen LogP contribution is -2.45. The van der Waals surface area contributed by atoms with Crippen LogP contribution >= 0.6 is 11.3 Å². The summed E-state index contributed by atoms with van der Waals surface area (Å²) >= 11 is 0.966. The van der Waals surface area contributed by atoms with Gasteiger partial charge in [0.05, 0.1) is 5.92 Å². The highest BCUT2D eigenvalue weighted by Gasteiger charge is 2.30. The van der Waals surface area contributed by atoms with Crippen LogP contribution in [0.4, 0.5) is 5.69 Å². The molecule has 0 aliphatic carbocycles. The molecule has 1 fully saturated rings. The third kappa shape index (κ3) is 5.63. The number of anilines is 1. The molecule has 1 aromatic heterocycles. The molecular weight excluding hydrogens is 402 g/mol. The number of carbonyl (C=O) groups is 3. The second-order valence-electron chi connectivity index (χ2n) is 7.47. The molecular formula is C21H27N5O3S. The summed E-state index contributed by atoms with van der Waals surface area (Å²) < 4.78 is 0. The minimum atomic E-state index is -0.401. The molecule has 1 aliphatic heterocycles. The van der Waals surface area contributed by atoms with Gasteiger partial charge < -0.3 is 15.5 Å². The molecule has 2 aromatic rings. The monoisotopic (exact) mass is 429 g/mol. The summed E-state index contributed by atoms with van der Waals surface area (Å²) in [5, 5.41) is 13.8. The van der Waals surface area contributed by atoms with Gasteiger partial charge in [-0.25, -0.2) is 0 Å². The summed E-state index contributed by atoms with van der Waals surface area (Å²) in [7, 11) is 0. The fourth-order valence-corrected chi connectivity index (χ4v) is 3.97. The predicted molar refractivity (Wildman–Crippen MR) is 116 cm³/mol. The molecule has 0 radical (unpaired) electrons. The summed E-state index contributed by atoms with van der Waals surface area (Å²) in [6.45, 7) is 5.64. The fourth-order valence-electron chi connectivity index (χ4n) is 3.27. The lowest BCUT2D eigenvalue weighted by Gasteiger charge is -2.31. The zero-order valence-electron chi connectivity index (χ0n) is 17.3. The Labute approximate surface area is 180 Å². The molecule has 0 saturated carbocycles. The quantitative estimate of drug-likeness (QED) is 0.659. The van der Waals surface area contributed by atoms with Crippen LogP contribution in [0.25, 0.3) is 0 Å². The Morgan fingerprint density at radius 3 is 2.63 bits per heavy atom. The van der Waals surface area contributed by atoms with Crippen LogP contribution in [0.3, 0.4) is 0 Å². The summed E-state index contributed by atoms with van der Waals surface area (Å²) in [6, 6.07) is 7.41. The normalized spacial score (nSPS) is 16.2. The minimum absolute atomic E-state index is 0.00335. The Balaban J connectivity index is 1.59. The molecule has 3 rings (SSSR count). The number of nitrogens with one attached hydrogen (secondary N) is 2. The van der Waals surface area contributed by atoms with E-state index in [-0.39, 0.29) is 27.7 Å². The lowest BCUT2D eigenvalue weighted by atomic mass is 9.97. The number of aryl methyl sites for hydroxylation is 1.